The molecule has 5 heteroatoms. The number of anilines is 1. The minimum absolute atomic E-state index is 0.0248. The van der Waals surface area contributed by atoms with E-state index >= 15 is 0 Å². The third-order valence-electron chi connectivity index (χ3n) is 3.16. The SMILES string of the molecule is O=S(=O)(Nc1cccc2ccccc12)c1ccc(F)cc1. The van der Waals surface area contributed by atoms with E-state index in [9.17, 15) is 12.8 Å². The number of benzene rings is 3. The summed E-state index contributed by atoms with van der Waals surface area (Å²) in [7, 11) is -3.74. The normalized spacial score (nSPS) is 11.5. The van der Waals surface area contributed by atoms with E-state index < -0.39 is 15.8 Å². The molecule has 3 nitrogen and oxygen atoms in total. The van der Waals surface area contributed by atoms with E-state index in [1.165, 1.54) is 12.1 Å². The second-order valence-corrected chi connectivity index (χ2v) is 6.27. The molecule has 0 aromatic heterocycles. The van der Waals surface area contributed by atoms with E-state index in [0.717, 1.165) is 22.9 Å². The molecule has 3 aromatic carbocycles. The van der Waals surface area contributed by atoms with Gasteiger partial charge in [-0.1, -0.05) is 36.4 Å². The number of nitrogens with one attached hydrogen (secondary N) is 1. The molecule has 0 bridgehead atoms. The maximum absolute atomic E-state index is 12.9. The Morgan fingerprint density at radius 1 is 0.810 bits per heavy atom. The van der Waals surface area contributed by atoms with Crippen LogP contribution in [0.15, 0.2) is 71.6 Å². The summed E-state index contributed by atoms with van der Waals surface area (Å²) in [6, 6.07) is 17.6. The van der Waals surface area contributed by atoms with Crippen LogP contribution in [0.4, 0.5) is 10.1 Å². The molecule has 3 rings (SSSR count). The van der Waals surface area contributed by atoms with Gasteiger partial charge >= 0.3 is 0 Å². The smallest absolute Gasteiger partial charge is 0.261 e. The number of halogens is 1. The summed E-state index contributed by atoms with van der Waals surface area (Å²) >= 11 is 0. The lowest BCUT2D eigenvalue weighted by Crippen LogP contribution is -2.13. The van der Waals surface area contributed by atoms with E-state index in [0.29, 0.717) is 5.69 Å². The molecular formula is C16H12FNO2S. The molecule has 0 heterocycles. The highest BCUT2D eigenvalue weighted by molar-refractivity contribution is 7.92. The zero-order valence-corrected chi connectivity index (χ0v) is 11.8. The van der Waals surface area contributed by atoms with E-state index in [-0.39, 0.29) is 4.90 Å². The molecule has 0 saturated carbocycles. The van der Waals surface area contributed by atoms with Crippen LogP contribution in [0.5, 0.6) is 0 Å². The van der Waals surface area contributed by atoms with Crippen molar-refractivity contribution in [3.63, 3.8) is 0 Å². The van der Waals surface area contributed by atoms with Gasteiger partial charge < -0.3 is 0 Å². The fraction of sp³-hybridized carbons (Fsp3) is 0. The Morgan fingerprint density at radius 2 is 1.48 bits per heavy atom. The summed E-state index contributed by atoms with van der Waals surface area (Å²) in [6.07, 6.45) is 0. The second-order valence-electron chi connectivity index (χ2n) is 4.59. The zero-order chi connectivity index (χ0) is 14.9. The average Bonchev–Trinajstić information content (AvgIpc) is 2.48. The van der Waals surface area contributed by atoms with Crippen molar-refractivity contribution in [3.8, 4) is 0 Å². The Bertz CT molecular complexity index is 884. The van der Waals surface area contributed by atoms with Crippen molar-refractivity contribution in [2.45, 2.75) is 4.90 Å². The van der Waals surface area contributed by atoms with Crippen LogP contribution < -0.4 is 4.72 Å². The molecule has 0 atom stereocenters. The number of rotatable bonds is 3. The average molecular weight is 301 g/mol. The summed E-state index contributed by atoms with van der Waals surface area (Å²) in [4.78, 5) is 0.0248. The highest BCUT2D eigenvalue weighted by Gasteiger charge is 2.15. The molecule has 0 aliphatic heterocycles. The quantitative estimate of drug-likeness (QED) is 0.800. The molecule has 3 aromatic rings. The van der Waals surface area contributed by atoms with Gasteiger partial charge in [0.25, 0.3) is 10.0 Å². The summed E-state index contributed by atoms with van der Waals surface area (Å²) in [5.41, 5.74) is 0.498. The lowest BCUT2D eigenvalue weighted by Gasteiger charge is -2.10. The fourth-order valence-electron chi connectivity index (χ4n) is 2.13. The number of hydrogen-bond donors (Lipinski definition) is 1. The summed E-state index contributed by atoms with van der Waals surface area (Å²) in [5, 5.41) is 1.75. The fourth-order valence-corrected chi connectivity index (χ4v) is 3.21. The van der Waals surface area contributed by atoms with Gasteiger partial charge in [-0.3, -0.25) is 4.72 Å². The van der Waals surface area contributed by atoms with Gasteiger partial charge in [-0.15, -0.1) is 0 Å². The maximum atomic E-state index is 12.9. The molecule has 0 aliphatic carbocycles. The molecule has 1 N–H and O–H groups in total. The predicted molar refractivity (Wildman–Crippen MR) is 81.2 cm³/mol. The molecular weight excluding hydrogens is 289 g/mol. The number of fused-ring (bicyclic) bond motifs is 1. The maximum Gasteiger partial charge on any atom is 0.261 e. The van der Waals surface area contributed by atoms with Gasteiger partial charge in [-0.2, -0.15) is 0 Å². The van der Waals surface area contributed by atoms with Crippen LogP contribution in [0.3, 0.4) is 0 Å². The van der Waals surface area contributed by atoms with Crippen molar-refractivity contribution in [3.05, 3.63) is 72.5 Å². The zero-order valence-electron chi connectivity index (χ0n) is 11.0. The summed E-state index contributed by atoms with van der Waals surface area (Å²) in [5.74, 6) is -0.473. The highest BCUT2D eigenvalue weighted by atomic mass is 32.2. The topological polar surface area (TPSA) is 46.2 Å². The summed E-state index contributed by atoms with van der Waals surface area (Å²) < 4.78 is 40.1. The Kier molecular flexibility index (Phi) is 3.35. The first-order chi connectivity index (χ1) is 10.1. The van der Waals surface area contributed by atoms with E-state index in [1.54, 1.807) is 12.1 Å². The van der Waals surface area contributed by atoms with Gasteiger partial charge in [0.05, 0.1) is 10.6 Å². The van der Waals surface area contributed by atoms with Gasteiger partial charge in [0.1, 0.15) is 5.82 Å². The Morgan fingerprint density at radius 3 is 2.24 bits per heavy atom. The Balaban J connectivity index is 2.03. The monoisotopic (exact) mass is 301 g/mol. The predicted octanol–water partition coefficient (Wildman–Crippen LogP) is 3.78. The first kappa shape index (κ1) is 13.6. The van der Waals surface area contributed by atoms with Crippen LogP contribution in [0, 0.1) is 5.82 Å². The van der Waals surface area contributed by atoms with Crippen molar-refractivity contribution in [1.29, 1.82) is 0 Å². The molecule has 106 valence electrons. The first-order valence-corrected chi connectivity index (χ1v) is 7.81. The molecule has 0 saturated heterocycles. The standard InChI is InChI=1S/C16H12FNO2S/c17-13-8-10-14(11-9-13)21(19,20)18-16-7-3-5-12-4-1-2-6-15(12)16/h1-11,18H. The molecule has 0 radical (unpaired) electrons. The second kappa shape index (κ2) is 5.18. The van der Waals surface area contributed by atoms with Crippen LogP contribution in [-0.2, 0) is 10.0 Å². The molecule has 0 unspecified atom stereocenters. The lowest BCUT2D eigenvalue weighted by molar-refractivity contribution is 0.599. The van der Waals surface area contributed by atoms with Gasteiger partial charge in [-0.25, -0.2) is 12.8 Å². The minimum atomic E-state index is -3.74. The van der Waals surface area contributed by atoms with Crippen molar-refractivity contribution >= 4 is 26.5 Å². The molecule has 21 heavy (non-hydrogen) atoms. The van der Waals surface area contributed by atoms with E-state index in [2.05, 4.69) is 4.72 Å². The van der Waals surface area contributed by atoms with E-state index in [4.69, 9.17) is 0 Å². The van der Waals surface area contributed by atoms with Crippen LogP contribution >= 0.6 is 0 Å². The summed E-state index contributed by atoms with van der Waals surface area (Å²) in [6.45, 7) is 0. The van der Waals surface area contributed by atoms with Crippen molar-refractivity contribution in [2.24, 2.45) is 0 Å². The van der Waals surface area contributed by atoms with Crippen molar-refractivity contribution < 1.29 is 12.8 Å². The van der Waals surface area contributed by atoms with Crippen LogP contribution in [0.2, 0.25) is 0 Å². The number of sulfonamides is 1. The first-order valence-electron chi connectivity index (χ1n) is 6.32. The Labute approximate surface area is 122 Å². The third-order valence-corrected chi connectivity index (χ3v) is 4.54. The number of hydrogen-bond acceptors (Lipinski definition) is 2. The van der Waals surface area contributed by atoms with Gasteiger partial charge in [0.2, 0.25) is 0 Å². The Hall–Kier alpha value is -2.40. The minimum Gasteiger partial charge on any atom is -0.279 e. The van der Waals surface area contributed by atoms with Gasteiger partial charge in [0.15, 0.2) is 0 Å². The lowest BCUT2D eigenvalue weighted by atomic mass is 10.1. The van der Waals surface area contributed by atoms with Crippen LogP contribution in [0.1, 0.15) is 0 Å². The molecule has 0 amide bonds. The van der Waals surface area contributed by atoms with Crippen LogP contribution in [-0.4, -0.2) is 8.42 Å². The molecule has 0 spiro atoms. The van der Waals surface area contributed by atoms with Gasteiger partial charge in [0, 0.05) is 5.39 Å². The van der Waals surface area contributed by atoms with Crippen LogP contribution in [0.25, 0.3) is 10.8 Å². The molecule has 0 aliphatic rings. The largest absolute Gasteiger partial charge is 0.279 e. The highest BCUT2D eigenvalue weighted by Crippen LogP contribution is 2.25. The third kappa shape index (κ3) is 2.73. The van der Waals surface area contributed by atoms with Gasteiger partial charge in [-0.05, 0) is 35.7 Å². The van der Waals surface area contributed by atoms with Crippen molar-refractivity contribution in [1.82, 2.24) is 0 Å². The molecule has 0 fully saturated rings. The van der Waals surface area contributed by atoms with Crippen molar-refractivity contribution in [2.75, 3.05) is 4.72 Å². The van der Waals surface area contributed by atoms with E-state index in [1.807, 2.05) is 30.3 Å².